The van der Waals surface area contributed by atoms with E-state index in [1.165, 1.54) is 11.0 Å². The molecule has 1 aromatic carbocycles. The zero-order chi connectivity index (χ0) is 16.4. The monoisotopic (exact) mass is 322 g/mol. The fourth-order valence-corrected chi connectivity index (χ4v) is 2.78. The van der Waals surface area contributed by atoms with Gasteiger partial charge < -0.3 is 20.7 Å². The summed E-state index contributed by atoms with van der Waals surface area (Å²) in [4.78, 5) is 26.4. The second-order valence-electron chi connectivity index (χ2n) is 5.57. The van der Waals surface area contributed by atoms with Crippen molar-refractivity contribution in [2.75, 3.05) is 42.5 Å². The van der Waals surface area contributed by atoms with Crippen LogP contribution in [0, 0.1) is 5.82 Å². The van der Waals surface area contributed by atoms with Gasteiger partial charge in [-0.15, -0.1) is 0 Å². The predicted molar refractivity (Wildman–Crippen MR) is 82.9 cm³/mol. The average Bonchev–Trinajstić information content (AvgIpc) is 2.78. The molecule has 2 fully saturated rings. The number of benzene rings is 1. The van der Waals surface area contributed by atoms with Crippen LogP contribution in [0.1, 0.15) is 6.42 Å². The minimum Gasteiger partial charge on any atom is -0.443 e. The van der Waals surface area contributed by atoms with Gasteiger partial charge in [0.1, 0.15) is 11.9 Å². The molecule has 0 radical (unpaired) electrons. The van der Waals surface area contributed by atoms with E-state index >= 15 is 0 Å². The molecule has 1 atom stereocenters. The number of hydrogen-bond donors (Lipinski definition) is 2. The summed E-state index contributed by atoms with van der Waals surface area (Å²) in [5.41, 5.74) is 6.36. The molecule has 0 saturated carbocycles. The first-order valence-electron chi connectivity index (χ1n) is 7.58. The van der Waals surface area contributed by atoms with Crippen LogP contribution < -0.4 is 20.9 Å². The highest BCUT2D eigenvalue weighted by Crippen LogP contribution is 2.28. The maximum atomic E-state index is 14.5. The van der Waals surface area contributed by atoms with Gasteiger partial charge in [-0.1, -0.05) is 0 Å². The second-order valence-corrected chi connectivity index (χ2v) is 5.57. The molecular formula is C15H19FN4O3. The molecule has 2 aliphatic heterocycles. The first-order chi connectivity index (χ1) is 11.1. The molecule has 7 nitrogen and oxygen atoms in total. The van der Waals surface area contributed by atoms with Crippen LogP contribution in [0.2, 0.25) is 0 Å². The number of anilines is 2. The molecular weight excluding hydrogens is 303 g/mol. The average molecular weight is 322 g/mol. The van der Waals surface area contributed by atoms with Gasteiger partial charge in [0.25, 0.3) is 0 Å². The molecule has 3 rings (SSSR count). The fourth-order valence-electron chi connectivity index (χ4n) is 2.78. The minimum atomic E-state index is -0.517. The molecule has 3 N–H and O–H groups in total. The van der Waals surface area contributed by atoms with E-state index in [9.17, 15) is 14.0 Å². The Bertz CT molecular complexity index is 625. The number of ether oxygens (including phenoxy) is 1. The number of carbonyl (C=O) groups excluding carboxylic acids is 2. The van der Waals surface area contributed by atoms with Crippen LogP contribution in [0.4, 0.5) is 20.6 Å². The van der Waals surface area contributed by atoms with E-state index in [0.29, 0.717) is 44.0 Å². The van der Waals surface area contributed by atoms with Crippen molar-refractivity contribution >= 4 is 23.4 Å². The van der Waals surface area contributed by atoms with Crippen molar-refractivity contribution < 1.29 is 18.7 Å². The van der Waals surface area contributed by atoms with Crippen LogP contribution >= 0.6 is 0 Å². The Morgan fingerprint density at radius 1 is 1.35 bits per heavy atom. The van der Waals surface area contributed by atoms with Crippen LogP contribution in [0.5, 0.6) is 0 Å². The van der Waals surface area contributed by atoms with E-state index < -0.39 is 11.9 Å². The van der Waals surface area contributed by atoms with Crippen molar-refractivity contribution in [3.8, 4) is 0 Å². The Balaban J connectivity index is 1.78. The molecule has 0 aromatic heterocycles. The third kappa shape index (κ3) is 3.21. The molecule has 124 valence electrons. The minimum absolute atomic E-state index is 0.0304. The Morgan fingerprint density at radius 3 is 2.87 bits per heavy atom. The van der Waals surface area contributed by atoms with Crippen molar-refractivity contribution in [1.29, 1.82) is 0 Å². The van der Waals surface area contributed by atoms with Crippen LogP contribution in [0.3, 0.4) is 0 Å². The van der Waals surface area contributed by atoms with E-state index in [1.807, 2.05) is 4.90 Å². The number of nitrogens with one attached hydrogen (secondary N) is 1. The third-order valence-electron chi connectivity index (χ3n) is 4.03. The maximum Gasteiger partial charge on any atom is 0.414 e. The normalized spacial score (nSPS) is 21.9. The topological polar surface area (TPSA) is 87.9 Å². The molecule has 2 saturated heterocycles. The van der Waals surface area contributed by atoms with Crippen LogP contribution in [0.25, 0.3) is 0 Å². The number of carbonyl (C=O) groups is 2. The highest BCUT2D eigenvalue weighted by Gasteiger charge is 2.32. The Morgan fingerprint density at radius 2 is 2.17 bits per heavy atom. The maximum absolute atomic E-state index is 14.5. The number of hydrogen-bond acceptors (Lipinski definition) is 5. The van der Waals surface area contributed by atoms with Crippen LogP contribution in [-0.4, -0.2) is 50.8 Å². The van der Waals surface area contributed by atoms with Crippen LogP contribution in [-0.2, 0) is 9.53 Å². The molecule has 0 aliphatic carbocycles. The van der Waals surface area contributed by atoms with Gasteiger partial charge in [-0.3, -0.25) is 9.69 Å². The van der Waals surface area contributed by atoms with Gasteiger partial charge in [0.05, 0.1) is 17.9 Å². The number of nitrogens with two attached hydrogens (primary N) is 1. The van der Waals surface area contributed by atoms with Gasteiger partial charge in [-0.25, -0.2) is 9.18 Å². The lowest BCUT2D eigenvalue weighted by Crippen LogP contribution is -2.29. The van der Waals surface area contributed by atoms with E-state index in [2.05, 4.69) is 5.32 Å². The van der Waals surface area contributed by atoms with Crippen molar-refractivity contribution in [2.24, 2.45) is 5.73 Å². The van der Waals surface area contributed by atoms with Crippen LogP contribution in [0.15, 0.2) is 18.2 Å². The Labute approximate surface area is 133 Å². The van der Waals surface area contributed by atoms with E-state index in [4.69, 9.17) is 10.5 Å². The number of amides is 2. The smallest absolute Gasteiger partial charge is 0.414 e. The fraction of sp³-hybridized carbons (Fsp3) is 0.467. The molecule has 0 unspecified atom stereocenters. The quantitative estimate of drug-likeness (QED) is 0.843. The van der Waals surface area contributed by atoms with E-state index in [0.717, 1.165) is 0 Å². The van der Waals surface area contributed by atoms with Gasteiger partial charge >= 0.3 is 6.09 Å². The van der Waals surface area contributed by atoms with Crippen molar-refractivity contribution in [2.45, 2.75) is 12.5 Å². The Kier molecular flexibility index (Phi) is 4.33. The zero-order valence-electron chi connectivity index (χ0n) is 12.6. The first kappa shape index (κ1) is 15.5. The van der Waals surface area contributed by atoms with Gasteiger partial charge in [0.2, 0.25) is 5.91 Å². The Hall–Kier alpha value is -2.35. The van der Waals surface area contributed by atoms with Gasteiger partial charge in [-0.05, 0) is 18.2 Å². The van der Waals surface area contributed by atoms with Crippen molar-refractivity contribution in [3.63, 3.8) is 0 Å². The summed E-state index contributed by atoms with van der Waals surface area (Å²) in [6.45, 7) is 2.04. The van der Waals surface area contributed by atoms with E-state index in [1.54, 1.807) is 12.1 Å². The lowest BCUT2D eigenvalue weighted by atomic mass is 10.2. The third-order valence-corrected chi connectivity index (χ3v) is 4.03. The summed E-state index contributed by atoms with van der Waals surface area (Å²) in [6.07, 6.45) is -0.553. The lowest BCUT2D eigenvalue weighted by molar-refractivity contribution is -0.120. The second kappa shape index (κ2) is 6.41. The summed E-state index contributed by atoms with van der Waals surface area (Å²) in [7, 11) is 0. The summed E-state index contributed by atoms with van der Waals surface area (Å²) >= 11 is 0. The molecule has 2 amide bonds. The zero-order valence-corrected chi connectivity index (χ0v) is 12.6. The highest BCUT2D eigenvalue weighted by molar-refractivity contribution is 5.90. The number of nitrogens with zero attached hydrogens (tertiary/aromatic N) is 2. The summed E-state index contributed by atoms with van der Waals surface area (Å²) < 4.78 is 19.5. The van der Waals surface area contributed by atoms with Gasteiger partial charge in [0, 0.05) is 32.6 Å². The molecule has 2 heterocycles. The van der Waals surface area contributed by atoms with Gasteiger partial charge in [-0.2, -0.15) is 0 Å². The number of rotatable bonds is 3. The predicted octanol–water partition coefficient (Wildman–Crippen LogP) is 0.436. The lowest BCUT2D eigenvalue weighted by Gasteiger charge is -2.23. The standard InChI is InChI=1S/C15H19FN4O3/c16-12-7-10(20-9-11(8-17)23-15(20)22)1-2-13(12)19-5-3-14(21)18-4-6-19/h1-2,7,11H,3-6,8-9,17H2,(H,18,21)/t11-/m0/s1. The molecule has 0 bridgehead atoms. The van der Waals surface area contributed by atoms with Gasteiger partial charge in [0.15, 0.2) is 0 Å². The molecule has 1 aromatic rings. The molecule has 23 heavy (non-hydrogen) atoms. The largest absolute Gasteiger partial charge is 0.443 e. The van der Waals surface area contributed by atoms with E-state index in [-0.39, 0.29) is 18.6 Å². The van der Waals surface area contributed by atoms with Crippen molar-refractivity contribution in [3.05, 3.63) is 24.0 Å². The molecule has 0 spiro atoms. The summed E-state index contributed by atoms with van der Waals surface area (Å²) in [5, 5.41) is 2.75. The SMILES string of the molecule is NC[C@H]1CN(c2ccc(N3CCNC(=O)CC3)c(F)c2)C(=O)O1. The van der Waals surface area contributed by atoms with Crippen molar-refractivity contribution in [1.82, 2.24) is 5.32 Å². The molecule has 2 aliphatic rings. The number of halogens is 1. The summed E-state index contributed by atoms with van der Waals surface area (Å²) in [6, 6.07) is 4.62. The number of cyclic esters (lactones) is 1. The molecule has 8 heteroatoms. The first-order valence-corrected chi connectivity index (χ1v) is 7.58. The summed E-state index contributed by atoms with van der Waals surface area (Å²) in [5.74, 6) is -0.460. The highest BCUT2D eigenvalue weighted by atomic mass is 19.1.